The summed E-state index contributed by atoms with van der Waals surface area (Å²) in [7, 11) is 0. The van der Waals surface area contributed by atoms with E-state index in [1.54, 1.807) is 12.1 Å². The second kappa shape index (κ2) is 6.50. The highest BCUT2D eigenvalue weighted by Gasteiger charge is 2.36. The van der Waals surface area contributed by atoms with Crippen molar-refractivity contribution in [3.8, 4) is 23.2 Å². The molecule has 6 heteroatoms. The van der Waals surface area contributed by atoms with Crippen LogP contribution in [0, 0.1) is 17.1 Å². The van der Waals surface area contributed by atoms with Gasteiger partial charge in [0.05, 0.1) is 17.2 Å². The van der Waals surface area contributed by atoms with E-state index in [0.717, 1.165) is 16.3 Å². The lowest BCUT2D eigenvalue weighted by Crippen LogP contribution is -2.21. The zero-order valence-corrected chi connectivity index (χ0v) is 15.2. The summed E-state index contributed by atoms with van der Waals surface area (Å²) in [5, 5.41) is 19.2. The van der Waals surface area contributed by atoms with Gasteiger partial charge in [0.2, 0.25) is 11.8 Å². The number of nitrogens with one attached hydrogen (secondary N) is 1. The average Bonchev–Trinajstić information content (AvgIpc) is 3.15. The number of hydrogen-bond acceptors (Lipinski definition) is 4. The highest BCUT2D eigenvalue weighted by Crippen LogP contribution is 2.46. The highest BCUT2D eigenvalue weighted by molar-refractivity contribution is 5.97. The van der Waals surface area contributed by atoms with E-state index in [1.807, 2.05) is 42.5 Å². The van der Waals surface area contributed by atoms with E-state index >= 15 is 0 Å². The molecule has 140 valence electrons. The van der Waals surface area contributed by atoms with Crippen molar-refractivity contribution in [3.05, 3.63) is 95.1 Å². The Labute approximate surface area is 165 Å². The molecule has 0 radical (unpaired) electrons. The summed E-state index contributed by atoms with van der Waals surface area (Å²) in [5.74, 6) is -0.710. The molecular weight excluding hydrogens is 367 g/mol. The van der Waals surface area contributed by atoms with Crippen molar-refractivity contribution in [2.45, 2.75) is 5.92 Å². The van der Waals surface area contributed by atoms with Crippen LogP contribution in [0.2, 0.25) is 0 Å². The summed E-state index contributed by atoms with van der Waals surface area (Å²) in [6.07, 6.45) is 0. The van der Waals surface area contributed by atoms with E-state index in [0.29, 0.717) is 22.7 Å². The molecule has 5 nitrogen and oxygen atoms in total. The lowest BCUT2D eigenvalue weighted by molar-refractivity contribution is 0.379. The van der Waals surface area contributed by atoms with Crippen molar-refractivity contribution < 1.29 is 9.13 Å². The molecule has 3 N–H and O–H groups in total. The first-order valence-electron chi connectivity index (χ1n) is 9.07. The fourth-order valence-corrected chi connectivity index (χ4v) is 3.91. The number of nitrogens with two attached hydrogens (primary N) is 1. The van der Waals surface area contributed by atoms with Crippen molar-refractivity contribution in [3.63, 3.8) is 0 Å². The molecule has 0 saturated carbocycles. The number of ether oxygens (including phenoxy) is 1. The minimum Gasteiger partial charge on any atom is -0.420 e. The fourth-order valence-electron chi connectivity index (χ4n) is 3.91. The molecule has 0 amide bonds. The van der Waals surface area contributed by atoms with E-state index in [-0.39, 0.29) is 17.3 Å². The van der Waals surface area contributed by atoms with Crippen LogP contribution >= 0.6 is 0 Å². The number of aromatic nitrogens is 2. The molecule has 4 aromatic rings. The Balaban J connectivity index is 1.80. The van der Waals surface area contributed by atoms with Gasteiger partial charge < -0.3 is 10.5 Å². The number of hydrogen-bond donors (Lipinski definition) is 2. The number of rotatable bonds is 2. The minimum atomic E-state index is -0.591. The molecule has 0 bridgehead atoms. The number of nitrogens with zero attached hydrogens (tertiary/aromatic N) is 2. The van der Waals surface area contributed by atoms with Gasteiger partial charge >= 0.3 is 0 Å². The predicted octanol–water partition coefficient (Wildman–Crippen LogP) is 4.59. The van der Waals surface area contributed by atoms with Crippen molar-refractivity contribution in [2.75, 3.05) is 0 Å². The SMILES string of the molecule is N#CC1=C(N)Oc2n[nH]c(-c3cccc4ccccc34)c2[C@@H]1c1cccc(F)c1. The van der Waals surface area contributed by atoms with Crippen LogP contribution in [0.4, 0.5) is 4.39 Å². The van der Waals surface area contributed by atoms with Crippen LogP contribution in [0.25, 0.3) is 22.0 Å². The Morgan fingerprint density at radius 1 is 1.07 bits per heavy atom. The lowest BCUT2D eigenvalue weighted by atomic mass is 9.82. The Bertz CT molecular complexity index is 1330. The third-order valence-electron chi connectivity index (χ3n) is 5.18. The molecule has 1 aromatic heterocycles. The number of benzene rings is 3. The van der Waals surface area contributed by atoms with Crippen molar-refractivity contribution in [1.29, 1.82) is 5.26 Å². The van der Waals surface area contributed by atoms with Gasteiger partial charge in [-0.3, -0.25) is 5.10 Å². The van der Waals surface area contributed by atoms with Gasteiger partial charge in [-0.25, -0.2) is 4.39 Å². The van der Waals surface area contributed by atoms with E-state index < -0.39 is 5.92 Å². The summed E-state index contributed by atoms with van der Waals surface area (Å²) in [6.45, 7) is 0. The van der Waals surface area contributed by atoms with E-state index in [2.05, 4.69) is 16.3 Å². The largest absolute Gasteiger partial charge is 0.420 e. The van der Waals surface area contributed by atoms with Crippen LogP contribution in [0.3, 0.4) is 0 Å². The fraction of sp³-hybridized carbons (Fsp3) is 0.0435. The first kappa shape index (κ1) is 17.0. The Kier molecular flexibility index (Phi) is 3.81. The molecule has 0 spiro atoms. The maximum atomic E-state index is 14.0. The molecule has 29 heavy (non-hydrogen) atoms. The molecule has 0 fully saturated rings. The second-order valence-electron chi connectivity index (χ2n) is 6.82. The summed E-state index contributed by atoms with van der Waals surface area (Å²) in [4.78, 5) is 0. The monoisotopic (exact) mass is 382 g/mol. The molecule has 0 unspecified atom stereocenters. The molecular formula is C23H15FN4O. The normalized spacial score (nSPS) is 15.7. The smallest absolute Gasteiger partial charge is 0.244 e. The molecule has 2 heterocycles. The van der Waals surface area contributed by atoms with Gasteiger partial charge in [-0.1, -0.05) is 54.6 Å². The maximum Gasteiger partial charge on any atom is 0.244 e. The number of aromatic amines is 1. The first-order chi connectivity index (χ1) is 14.2. The Hall–Kier alpha value is -4.11. The second-order valence-corrected chi connectivity index (χ2v) is 6.82. The van der Waals surface area contributed by atoms with E-state index in [1.165, 1.54) is 12.1 Å². The summed E-state index contributed by atoms with van der Waals surface area (Å²) < 4.78 is 19.6. The topological polar surface area (TPSA) is 87.7 Å². The van der Waals surface area contributed by atoms with E-state index in [9.17, 15) is 9.65 Å². The maximum absolute atomic E-state index is 14.0. The van der Waals surface area contributed by atoms with Crippen LogP contribution in [0.5, 0.6) is 5.88 Å². The van der Waals surface area contributed by atoms with Crippen LogP contribution in [0.1, 0.15) is 17.0 Å². The number of fused-ring (bicyclic) bond motifs is 2. The molecule has 1 aliphatic rings. The van der Waals surface area contributed by atoms with Gasteiger partial charge in [-0.2, -0.15) is 5.26 Å². The predicted molar refractivity (Wildman–Crippen MR) is 107 cm³/mol. The van der Waals surface area contributed by atoms with Crippen molar-refractivity contribution >= 4 is 10.8 Å². The van der Waals surface area contributed by atoms with Gasteiger partial charge in [0.1, 0.15) is 17.5 Å². The number of nitriles is 1. The number of halogens is 1. The van der Waals surface area contributed by atoms with Crippen LogP contribution in [0.15, 0.2) is 78.2 Å². The van der Waals surface area contributed by atoms with Crippen molar-refractivity contribution in [1.82, 2.24) is 10.2 Å². The summed E-state index contributed by atoms with van der Waals surface area (Å²) in [6, 6.07) is 22.3. The van der Waals surface area contributed by atoms with Gasteiger partial charge in [0.25, 0.3) is 0 Å². The van der Waals surface area contributed by atoms with Gasteiger partial charge in [-0.05, 0) is 28.5 Å². The van der Waals surface area contributed by atoms with Gasteiger partial charge in [-0.15, -0.1) is 5.10 Å². The van der Waals surface area contributed by atoms with Crippen LogP contribution in [-0.2, 0) is 0 Å². The molecule has 5 rings (SSSR count). The Morgan fingerprint density at radius 3 is 2.69 bits per heavy atom. The third kappa shape index (κ3) is 2.64. The molecule has 3 aromatic carbocycles. The average molecular weight is 382 g/mol. The number of H-pyrrole nitrogens is 1. The standard InChI is InChI=1S/C23H15FN4O/c24-15-8-3-7-14(11-15)19-18(12-25)22(26)29-23-20(19)21(27-28-23)17-10-4-6-13-5-1-2-9-16(13)17/h1-11,19H,26H2,(H,27,28)/t19-/m1/s1. The molecule has 0 aliphatic carbocycles. The first-order valence-corrected chi connectivity index (χ1v) is 9.07. The quantitative estimate of drug-likeness (QED) is 0.531. The molecule has 0 saturated heterocycles. The highest BCUT2D eigenvalue weighted by atomic mass is 19.1. The summed E-state index contributed by atoms with van der Waals surface area (Å²) >= 11 is 0. The Morgan fingerprint density at radius 2 is 1.86 bits per heavy atom. The zero-order valence-electron chi connectivity index (χ0n) is 15.2. The van der Waals surface area contributed by atoms with E-state index in [4.69, 9.17) is 10.5 Å². The third-order valence-corrected chi connectivity index (χ3v) is 5.18. The van der Waals surface area contributed by atoms with Crippen LogP contribution in [-0.4, -0.2) is 10.2 Å². The van der Waals surface area contributed by atoms with Gasteiger partial charge in [0.15, 0.2) is 0 Å². The molecule has 1 atom stereocenters. The zero-order chi connectivity index (χ0) is 20.0. The minimum absolute atomic E-state index is 0.0229. The van der Waals surface area contributed by atoms with Crippen LogP contribution < -0.4 is 10.5 Å². The summed E-state index contributed by atoms with van der Waals surface area (Å²) in [5.41, 5.74) is 9.13. The lowest BCUT2D eigenvalue weighted by Gasteiger charge is -2.24. The number of allylic oxidation sites excluding steroid dienone is 1. The molecule has 1 aliphatic heterocycles. The van der Waals surface area contributed by atoms with Crippen molar-refractivity contribution in [2.24, 2.45) is 5.73 Å². The van der Waals surface area contributed by atoms with Gasteiger partial charge in [0, 0.05) is 5.56 Å².